The van der Waals surface area contributed by atoms with E-state index in [-0.39, 0.29) is 35.0 Å². The van der Waals surface area contributed by atoms with Crippen molar-refractivity contribution in [3.63, 3.8) is 0 Å². The van der Waals surface area contributed by atoms with E-state index in [1.54, 1.807) is 4.90 Å². The second-order valence-corrected chi connectivity index (χ2v) is 9.98. The number of fused-ring (bicyclic) bond motifs is 1. The number of hydrogen-bond donors (Lipinski definition) is 2. The number of piperidine rings is 2. The molecule has 3 heterocycles. The lowest BCUT2D eigenvalue weighted by atomic mass is 9.97. The van der Waals surface area contributed by atoms with Crippen molar-refractivity contribution in [2.45, 2.75) is 58.0 Å². The van der Waals surface area contributed by atoms with E-state index >= 15 is 0 Å². The van der Waals surface area contributed by atoms with Gasteiger partial charge in [0.15, 0.2) is 0 Å². The zero-order valence-corrected chi connectivity index (χ0v) is 18.0. The molecule has 4 rings (SSSR count). The maximum Gasteiger partial charge on any atom is 0.244 e. The molecular formula is C22H33N5O3. The summed E-state index contributed by atoms with van der Waals surface area (Å²) >= 11 is 0. The average molecular weight is 416 g/mol. The van der Waals surface area contributed by atoms with Gasteiger partial charge in [-0.2, -0.15) is 5.26 Å². The average Bonchev–Trinajstić information content (AvgIpc) is 3.09. The van der Waals surface area contributed by atoms with Gasteiger partial charge in [-0.25, -0.2) is 0 Å². The van der Waals surface area contributed by atoms with Crippen LogP contribution in [0.15, 0.2) is 0 Å². The number of amides is 3. The lowest BCUT2D eigenvalue weighted by Gasteiger charge is -2.33. The molecule has 164 valence electrons. The van der Waals surface area contributed by atoms with E-state index in [2.05, 4.69) is 35.5 Å². The third-order valence-corrected chi connectivity index (χ3v) is 7.76. The fourth-order valence-electron chi connectivity index (χ4n) is 5.80. The number of rotatable bonds is 6. The summed E-state index contributed by atoms with van der Waals surface area (Å²) in [7, 11) is 0. The molecule has 3 saturated heterocycles. The van der Waals surface area contributed by atoms with E-state index in [1.807, 2.05) is 0 Å². The van der Waals surface area contributed by atoms with Gasteiger partial charge in [-0.05, 0) is 56.0 Å². The van der Waals surface area contributed by atoms with E-state index in [0.717, 1.165) is 25.9 Å². The van der Waals surface area contributed by atoms with Crippen LogP contribution in [0.25, 0.3) is 0 Å². The summed E-state index contributed by atoms with van der Waals surface area (Å²) in [5.74, 6) is -0.0436. The summed E-state index contributed by atoms with van der Waals surface area (Å²) in [5.41, 5.74) is 0.0391. The van der Waals surface area contributed by atoms with Crippen LogP contribution in [-0.2, 0) is 14.4 Å². The molecule has 1 aliphatic carbocycles. The maximum atomic E-state index is 13.2. The first kappa shape index (κ1) is 21.1. The highest BCUT2D eigenvalue weighted by atomic mass is 16.2. The number of nitrogens with zero attached hydrogens (tertiary/aromatic N) is 3. The topological polar surface area (TPSA) is 106 Å². The predicted octanol–water partition coefficient (Wildman–Crippen LogP) is 0.490. The summed E-state index contributed by atoms with van der Waals surface area (Å²) in [6.45, 7) is 7.79. The summed E-state index contributed by atoms with van der Waals surface area (Å²) in [5, 5.41) is 15.2. The Morgan fingerprint density at radius 3 is 2.67 bits per heavy atom. The van der Waals surface area contributed by atoms with Crippen LogP contribution in [0.5, 0.6) is 0 Å². The van der Waals surface area contributed by atoms with Crippen molar-refractivity contribution in [2.75, 3.05) is 32.7 Å². The molecule has 8 heteroatoms. The predicted molar refractivity (Wildman–Crippen MR) is 110 cm³/mol. The van der Waals surface area contributed by atoms with Gasteiger partial charge in [0.2, 0.25) is 17.7 Å². The van der Waals surface area contributed by atoms with Gasteiger partial charge in [-0.3, -0.25) is 19.3 Å². The van der Waals surface area contributed by atoms with Crippen molar-refractivity contribution in [1.82, 2.24) is 20.4 Å². The normalized spacial score (nSPS) is 33.4. The summed E-state index contributed by atoms with van der Waals surface area (Å²) in [4.78, 5) is 42.1. The van der Waals surface area contributed by atoms with Gasteiger partial charge in [-0.1, -0.05) is 20.3 Å². The first-order chi connectivity index (χ1) is 14.3. The molecule has 0 bridgehead atoms. The minimum absolute atomic E-state index is 0.0173. The van der Waals surface area contributed by atoms with Crippen molar-refractivity contribution >= 4 is 17.7 Å². The van der Waals surface area contributed by atoms with Crippen LogP contribution in [-0.4, -0.2) is 72.3 Å². The van der Waals surface area contributed by atoms with E-state index in [4.69, 9.17) is 0 Å². The zero-order chi connectivity index (χ0) is 21.5. The second kappa shape index (κ2) is 8.18. The highest BCUT2D eigenvalue weighted by Gasteiger charge is 2.69. The van der Waals surface area contributed by atoms with Crippen LogP contribution in [0.4, 0.5) is 0 Å². The quantitative estimate of drug-likeness (QED) is 0.657. The number of carbonyl (C=O) groups is 3. The summed E-state index contributed by atoms with van der Waals surface area (Å²) in [6, 6.07) is 0.905. The fraction of sp³-hybridized carbons (Fsp3) is 0.818. The van der Waals surface area contributed by atoms with Gasteiger partial charge in [0.05, 0.1) is 12.6 Å². The van der Waals surface area contributed by atoms with Gasteiger partial charge in [0.1, 0.15) is 12.1 Å². The van der Waals surface area contributed by atoms with Gasteiger partial charge >= 0.3 is 0 Å². The maximum absolute atomic E-state index is 13.2. The van der Waals surface area contributed by atoms with Gasteiger partial charge in [0.25, 0.3) is 0 Å². The molecule has 0 spiro atoms. The Bertz CT molecular complexity index is 754. The highest BCUT2D eigenvalue weighted by molar-refractivity contribution is 5.90. The van der Waals surface area contributed by atoms with E-state index in [9.17, 15) is 19.6 Å². The van der Waals surface area contributed by atoms with Crippen molar-refractivity contribution in [3.05, 3.63) is 0 Å². The Morgan fingerprint density at radius 2 is 2.03 bits per heavy atom. The molecule has 3 amide bonds. The second-order valence-electron chi connectivity index (χ2n) is 9.98. The van der Waals surface area contributed by atoms with Crippen molar-refractivity contribution in [1.29, 1.82) is 5.26 Å². The smallest absolute Gasteiger partial charge is 0.244 e. The lowest BCUT2D eigenvalue weighted by molar-refractivity contribution is -0.141. The molecule has 8 nitrogen and oxygen atoms in total. The number of nitriles is 1. The Kier molecular flexibility index (Phi) is 5.75. The van der Waals surface area contributed by atoms with Crippen LogP contribution in [0, 0.1) is 34.5 Å². The van der Waals surface area contributed by atoms with Crippen LogP contribution in [0.2, 0.25) is 0 Å². The first-order valence-electron chi connectivity index (χ1n) is 11.3. The molecule has 0 radical (unpaired) electrons. The van der Waals surface area contributed by atoms with Crippen LogP contribution in [0.3, 0.4) is 0 Å². The Labute approximate surface area is 178 Å². The Hall–Kier alpha value is -2.14. The summed E-state index contributed by atoms with van der Waals surface area (Å²) in [6.07, 6.45) is 4.46. The molecule has 1 saturated carbocycles. The third kappa shape index (κ3) is 3.92. The zero-order valence-electron chi connectivity index (χ0n) is 18.0. The van der Waals surface area contributed by atoms with Crippen LogP contribution in [0.1, 0.15) is 46.0 Å². The van der Waals surface area contributed by atoms with Gasteiger partial charge in [0, 0.05) is 19.0 Å². The Morgan fingerprint density at radius 1 is 1.30 bits per heavy atom. The van der Waals surface area contributed by atoms with E-state index in [1.165, 1.54) is 6.42 Å². The van der Waals surface area contributed by atoms with Crippen molar-refractivity contribution in [3.8, 4) is 6.07 Å². The van der Waals surface area contributed by atoms with Crippen molar-refractivity contribution < 1.29 is 14.4 Å². The Balaban J connectivity index is 1.41. The molecule has 0 aromatic heterocycles. The molecule has 30 heavy (non-hydrogen) atoms. The molecule has 0 aromatic rings. The molecular weight excluding hydrogens is 382 g/mol. The molecule has 1 unspecified atom stereocenters. The van der Waals surface area contributed by atoms with Gasteiger partial charge in [-0.15, -0.1) is 0 Å². The largest absolute Gasteiger partial charge is 0.356 e. The number of nitrogens with one attached hydrogen (secondary N) is 2. The van der Waals surface area contributed by atoms with Crippen LogP contribution >= 0.6 is 0 Å². The van der Waals surface area contributed by atoms with E-state index < -0.39 is 12.1 Å². The molecule has 4 aliphatic rings. The lowest BCUT2D eigenvalue weighted by Crippen LogP contribution is -2.54. The minimum Gasteiger partial charge on any atom is -0.356 e. The third-order valence-electron chi connectivity index (χ3n) is 7.76. The minimum atomic E-state index is -0.716. The molecule has 0 aromatic carbocycles. The molecule has 5 atom stereocenters. The standard InChI is InChI=1S/C22H33N5O3/c1-22(2)16-12-27(17(28)13-26-8-4-3-5-9-26)19(18(16)22)21(30)25-15(11-23)10-14-6-7-24-20(14)29/h14-16,18-19H,3-10,12-13H2,1-2H3,(H,24,29)(H,25,30)/t14-,15?,16-,18-,19-/m0/s1. The van der Waals surface area contributed by atoms with Crippen LogP contribution < -0.4 is 10.6 Å². The highest BCUT2D eigenvalue weighted by Crippen LogP contribution is 2.64. The number of likely N-dealkylation sites (tertiary alicyclic amines) is 2. The first-order valence-corrected chi connectivity index (χ1v) is 11.3. The van der Waals surface area contributed by atoms with Crippen molar-refractivity contribution in [2.24, 2.45) is 23.2 Å². The van der Waals surface area contributed by atoms with Gasteiger partial charge < -0.3 is 15.5 Å². The summed E-state index contributed by atoms with van der Waals surface area (Å²) < 4.78 is 0. The van der Waals surface area contributed by atoms with E-state index in [0.29, 0.717) is 38.4 Å². The number of carbonyl (C=O) groups excluding carboxylic acids is 3. The molecule has 3 aliphatic heterocycles. The SMILES string of the molecule is CC1(C)[C@@H]2[C@@H](C(=O)NC(C#N)C[C@@H]3CCNC3=O)N(C(=O)CN3CCCCC3)C[C@@H]21. The molecule has 4 fully saturated rings. The molecule has 2 N–H and O–H groups in total. The monoisotopic (exact) mass is 415 g/mol. The number of hydrogen-bond acceptors (Lipinski definition) is 5. The fourth-order valence-corrected chi connectivity index (χ4v) is 5.80.